The van der Waals surface area contributed by atoms with E-state index in [9.17, 15) is 19.8 Å². The molecule has 0 bridgehead atoms. The van der Waals surface area contributed by atoms with Crippen molar-refractivity contribution in [3.8, 4) is 0 Å². The van der Waals surface area contributed by atoms with Crippen LogP contribution in [-0.4, -0.2) is 53.5 Å². The van der Waals surface area contributed by atoms with Crippen LogP contribution in [-0.2, 0) is 19.1 Å². The standard InChI is InChI=1S/C20H32O6/c1-5-15-11-13(2)16(21)10-8-6-7-9-14(3)26-18(23)12-17(22)20(25-4)19(15)24/h6-8,10,13-15,17,19-20,22,24H,5,9,11-12H2,1-4H3/t13-,14-,15+,17-,19+,20?/m1/s1. The van der Waals surface area contributed by atoms with E-state index in [0.29, 0.717) is 19.3 Å². The molecule has 6 heteroatoms. The average Bonchev–Trinajstić information content (AvgIpc) is 2.58. The summed E-state index contributed by atoms with van der Waals surface area (Å²) < 4.78 is 10.5. The zero-order chi connectivity index (χ0) is 19.7. The number of esters is 1. The van der Waals surface area contributed by atoms with E-state index in [4.69, 9.17) is 9.47 Å². The van der Waals surface area contributed by atoms with E-state index >= 15 is 0 Å². The molecule has 0 aromatic carbocycles. The first-order chi connectivity index (χ1) is 12.3. The largest absolute Gasteiger partial charge is 0.462 e. The number of ether oxygens (including phenoxy) is 2. The Kier molecular flexibility index (Phi) is 9.76. The van der Waals surface area contributed by atoms with E-state index in [-0.39, 0.29) is 30.1 Å². The number of allylic oxidation sites excluding steroid dienone is 3. The molecule has 26 heavy (non-hydrogen) atoms. The first kappa shape index (κ1) is 22.5. The molecule has 1 aliphatic heterocycles. The van der Waals surface area contributed by atoms with Crippen molar-refractivity contribution in [2.24, 2.45) is 11.8 Å². The molecule has 1 unspecified atom stereocenters. The van der Waals surface area contributed by atoms with Gasteiger partial charge >= 0.3 is 5.97 Å². The maximum atomic E-state index is 12.2. The second-order valence-corrected chi connectivity index (χ2v) is 6.99. The molecular weight excluding hydrogens is 336 g/mol. The second-order valence-electron chi connectivity index (χ2n) is 6.99. The molecule has 0 fully saturated rings. The number of carbonyl (C=O) groups excluding carboxylic acids is 2. The van der Waals surface area contributed by atoms with Gasteiger partial charge in [0.05, 0.1) is 18.6 Å². The number of rotatable bonds is 2. The summed E-state index contributed by atoms with van der Waals surface area (Å²) in [5.41, 5.74) is 0. The minimum absolute atomic E-state index is 0.0126. The van der Waals surface area contributed by atoms with E-state index in [1.165, 1.54) is 13.2 Å². The summed E-state index contributed by atoms with van der Waals surface area (Å²) in [5.74, 6) is -1.04. The average molecular weight is 368 g/mol. The zero-order valence-electron chi connectivity index (χ0n) is 16.1. The van der Waals surface area contributed by atoms with Crippen molar-refractivity contribution in [2.75, 3.05) is 7.11 Å². The molecule has 0 spiro atoms. The molecule has 6 atom stereocenters. The third kappa shape index (κ3) is 7.02. The van der Waals surface area contributed by atoms with Crippen molar-refractivity contribution in [1.29, 1.82) is 0 Å². The summed E-state index contributed by atoms with van der Waals surface area (Å²) in [6.07, 6.45) is 4.67. The monoisotopic (exact) mass is 368 g/mol. The lowest BCUT2D eigenvalue weighted by molar-refractivity contribution is -0.156. The third-order valence-corrected chi connectivity index (χ3v) is 4.82. The van der Waals surface area contributed by atoms with Gasteiger partial charge in [0.2, 0.25) is 0 Å². The van der Waals surface area contributed by atoms with Crippen LogP contribution in [0.25, 0.3) is 0 Å². The smallest absolute Gasteiger partial charge is 0.308 e. The van der Waals surface area contributed by atoms with Crippen molar-refractivity contribution in [2.45, 2.75) is 70.9 Å². The zero-order valence-corrected chi connectivity index (χ0v) is 16.1. The number of methoxy groups -OCH3 is 1. The van der Waals surface area contributed by atoms with Crippen molar-refractivity contribution in [1.82, 2.24) is 0 Å². The van der Waals surface area contributed by atoms with E-state index < -0.39 is 24.3 Å². The highest BCUT2D eigenvalue weighted by molar-refractivity contribution is 5.91. The van der Waals surface area contributed by atoms with Crippen molar-refractivity contribution < 1.29 is 29.3 Å². The fraction of sp³-hybridized carbons (Fsp3) is 0.700. The van der Waals surface area contributed by atoms with Crippen molar-refractivity contribution in [3.05, 3.63) is 24.3 Å². The van der Waals surface area contributed by atoms with Crippen LogP contribution < -0.4 is 0 Å². The fourth-order valence-corrected chi connectivity index (χ4v) is 3.18. The molecule has 0 amide bonds. The fourth-order valence-electron chi connectivity index (χ4n) is 3.18. The second kappa shape index (κ2) is 11.3. The lowest BCUT2D eigenvalue weighted by Crippen LogP contribution is -2.45. The SMILES string of the molecule is CC[C@H]1C[C@@H](C)C(=O)C=CC=CC[C@@H](C)OC(=O)C[C@@H](O)C(OC)[C@H]1O. The number of aliphatic hydroxyl groups excluding tert-OH is 2. The van der Waals surface area contributed by atoms with Gasteiger partial charge in [-0.15, -0.1) is 0 Å². The van der Waals surface area contributed by atoms with Crippen LogP contribution in [0, 0.1) is 11.8 Å². The molecule has 0 aromatic rings. The molecule has 1 aliphatic rings. The number of hydrogen-bond acceptors (Lipinski definition) is 6. The molecule has 148 valence electrons. The summed E-state index contributed by atoms with van der Waals surface area (Å²) in [7, 11) is 1.39. The molecule has 6 nitrogen and oxygen atoms in total. The summed E-state index contributed by atoms with van der Waals surface area (Å²) in [6.45, 7) is 5.49. The van der Waals surface area contributed by atoms with Crippen LogP contribution in [0.5, 0.6) is 0 Å². The van der Waals surface area contributed by atoms with Gasteiger partial charge in [-0.05, 0) is 25.3 Å². The van der Waals surface area contributed by atoms with Crippen LogP contribution in [0.3, 0.4) is 0 Å². The molecule has 0 radical (unpaired) electrons. The van der Waals surface area contributed by atoms with Crippen molar-refractivity contribution in [3.63, 3.8) is 0 Å². The Morgan fingerprint density at radius 2 is 1.92 bits per heavy atom. The van der Waals surface area contributed by atoms with Gasteiger partial charge in [-0.1, -0.05) is 38.5 Å². The number of cyclic esters (lactones) is 1. The molecular formula is C20H32O6. The predicted octanol–water partition coefficient (Wildman–Crippen LogP) is 2.18. The molecule has 1 heterocycles. The van der Waals surface area contributed by atoms with Crippen LogP contribution in [0.2, 0.25) is 0 Å². The Bertz CT molecular complexity index is 512. The Balaban J connectivity index is 3.04. The molecule has 0 aliphatic carbocycles. The Hall–Kier alpha value is -1.50. The quantitative estimate of drug-likeness (QED) is 0.726. The minimum atomic E-state index is -1.18. The van der Waals surface area contributed by atoms with Crippen LogP contribution in [0.15, 0.2) is 24.3 Å². The Morgan fingerprint density at radius 3 is 2.54 bits per heavy atom. The molecule has 0 aromatic heterocycles. The Morgan fingerprint density at radius 1 is 1.23 bits per heavy atom. The normalized spacial score (nSPS) is 35.3. The first-order valence-corrected chi connectivity index (χ1v) is 9.25. The van der Waals surface area contributed by atoms with Gasteiger partial charge in [0.1, 0.15) is 12.2 Å². The Labute approximate surface area is 155 Å². The van der Waals surface area contributed by atoms with Crippen LogP contribution in [0.4, 0.5) is 0 Å². The number of hydrogen-bond donors (Lipinski definition) is 2. The van der Waals surface area contributed by atoms with Gasteiger partial charge in [0, 0.05) is 19.4 Å². The maximum absolute atomic E-state index is 12.2. The first-order valence-electron chi connectivity index (χ1n) is 9.25. The topological polar surface area (TPSA) is 93.1 Å². The molecule has 2 N–H and O–H groups in total. The van der Waals surface area contributed by atoms with Crippen LogP contribution in [0.1, 0.15) is 46.5 Å². The highest BCUT2D eigenvalue weighted by atomic mass is 16.5. The lowest BCUT2D eigenvalue weighted by Gasteiger charge is -2.32. The maximum Gasteiger partial charge on any atom is 0.308 e. The lowest BCUT2D eigenvalue weighted by atomic mass is 9.83. The van der Waals surface area contributed by atoms with Gasteiger partial charge in [-0.3, -0.25) is 9.59 Å². The summed E-state index contributed by atoms with van der Waals surface area (Å²) in [6, 6.07) is 0. The van der Waals surface area contributed by atoms with Gasteiger partial charge in [0.25, 0.3) is 0 Å². The van der Waals surface area contributed by atoms with Crippen LogP contribution >= 0.6 is 0 Å². The summed E-state index contributed by atoms with van der Waals surface area (Å²) in [5, 5.41) is 21.0. The predicted molar refractivity (Wildman–Crippen MR) is 98.4 cm³/mol. The highest BCUT2D eigenvalue weighted by Crippen LogP contribution is 2.25. The van der Waals surface area contributed by atoms with Gasteiger partial charge in [-0.2, -0.15) is 0 Å². The number of aliphatic hydroxyl groups is 2. The highest BCUT2D eigenvalue weighted by Gasteiger charge is 2.35. The number of carbonyl (C=O) groups is 2. The molecule has 0 saturated heterocycles. The summed E-state index contributed by atoms with van der Waals surface area (Å²) >= 11 is 0. The molecule has 0 saturated carbocycles. The van der Waals surface area contributed by atoms with Gasteiger partial charge in [0.15, 0.2) is 5.78 Å². The van der Waals surface area contributed by atoms with E-state index in [0.717, 1.165) is 0 Å². The third-order valence-electron chi connectivity index (χ3n) is 4.82. The summed E-state index contributed by atoms with van der Waals surface area (Å²) in [4.78, 5) is 24.3. The van der Waals surface area contributed by atoms with Gasteiger partial charge < -0.3 is 19.7 Å². The minimum Gasteiger partial charge on any atom is -0.462 e. The van der Waals surface area contributed by atoms with E-state index in [1.54, 1.807) is 19.1 Å². The molecule has 1 rings (SSSR count). The number of ketones is 1. The van der Waals surface area contributed by atoms with Crippen molar-refractivity contribution >= 4 is 11.8 Å². The van der Waals surface area contributed by atoms with Gasteiger partial charge in [-0.25, -0.2) is 0 Å². The van der Waals surface area contributed by atoms with E-state index in [1.807, 2.05) is 19.9 Å². The van der Waals surface area contributed by atoms with E-state index in [2.05, 4.69) is 0 Å².